The minimum absolute atomic E-state index is 0.139. The fourth-order valence-corrected chi connectivity index (χ4v) is 3.22. The maximum Gasteiger partial charge on any atom is 0.207 e. The van der Waals surface area contributed by atoms with Crippen LogP contribution >= 0.6 is 23.2 Å². The van der Waals surface area contributed by atoms with Crippen molar-refractivity contribution >= 4 is 45.9 Å². The fraction of sp³-hybridized carbons (Fsp3) is 0.125. The van der Waals surface area contributed by atoms with Gasteiger partial charge in [0.15, 0.2) is 0 Å². The smallest absolute Gasteiger partial charge is 0.207 e. The van der Waals surface area contributed by atoms with Crippen LogP contribution in [-0.2, 0) is 0 Å². The Labute approximate surface area is 195 Å². The largest absolute Gasteiger partial charge is 0.297 e. The molecule has 0 radical (unpaired) electrons. The SMILES string of the molecule is CN=C/C=C(\C)c1nn(-c2ccnc(Cl)c2)ccc1=O.Cc1ccnc2cc(Cl)ccc12. The maximum absolute atomic E-state index is 11.9. The Morgan fingerprint density at radius 2 is 1.84 bits per heavy atom. The van der Waals surface area contributed by atoms with Gasteiger partial charge in [-0.15, -0.1) is 0 Å². The van der Waals surface area contributed by atoms with Crippen molar-refractivity contribution in [1.29, 1.82) is 0 Å². The molecule has 0 N–H and O–H groups in total. The summed E-state index contributed by atoms with van der Waals surface area (Å²) >= 11 is 11.7. The Morgan fingerprint density at radius 3 is 2.59 bits per heavy atom. The Bertz CT molecular complexity index is 1360. The van der Waals surface area contributed by atoms with Crippen LogP contribution in [0.4, 0.5) is 0 Å². The van der Waals surface area contributed by atoms with Gasteiger partial charge in [-0.05, 0) is 55.3 Å². The van der Waals surface area contributed by atoms with Crippen LogP contribution in [0, 0.1) is 6.92 Å². The number of aliphatic imine (C=N–C) groups is 1. The molecule has 0 saturated heterocycles. The van der Waals surface area contributed by atoms with Gasteiger partial charge >= 0.3 is 0 Å². The van der Waals surface area contributed by atoms with Gasteiger partial charge in [-0.2, -0.15) is 5.10 Å². The Morgan fingerprint density at radius 1 is 1.06 bits per heavy atom. The van der Waals surface area contributed by atoms with E-state index in [-0.39, 0.29) is 5.43 Å². The first-order chi connectivity index (χ1) is 15.4. The van der Waals surface area contributed by atoms with Gasteiger partial charge in [0.25, 0.3) is 0 Å². The van der Waals surface area contributed by atoms with E-state index in [0.29, 0.717) is 10.8 Å². The minimum Gasteiger partial charge on any atom is -0.297 e. The van der Waals surface area contributed by atoms with Crippen LogP contribution in [0.15, 0.2) is 76.9 Å². The second kappa shape index (κ2) is 10.8. The highest BCUT2D eigenvalue weighted by Gasteiger charge is 2.06. The molecule has 0 unspecified atom stereocenters. The van der Waals surface area contributed by atoms with E-state index in [1.165, 1.54) is 17.0 Å². The number of halogens is 2. The molecule has 0 aliphatic heterocycles. The van der Waals surface area contributed by atoms with E-state index >= 15 is 0 Å². The third-order valence-corrected chi connectivity index (χ3v) is 4.99. The van der Waals surface area contributed by atoms with Gasteiger partial charge in [-0.3, -0.25) is 14.8 Å². The van der Waals surface area contributed by atoms with Crippen molar-refractivity contribution in [2.45, 2.75) is 13.8 Å². The number of aromatic nitrogens is 4. The van der Waals surface area contributed by atoms with Gasteiger partial charge in [0.05, 0.1) is 11.2 Å². The number of nitrogens with zero attached hydrogens (tertiary/aromatic N) is 5. The minimum atomic E-state index is -0.139. The summed E-state index contributed by atoms with van der Waals surface area (Å²) < 4.78 is 1.59. The van der Waals surface area contributed by atoms with E-state index in [1.807, 2.05) is 31.2 Å². The molecule has 0 fully saturated rings. The van der Waals surface area contributed by atoms with Crippen LogP contribution in [0.1, 0.15) is 18.2 Å². The number of fused-ring (bicyclic) bond motifs is 1. The van der Waals surface area contributed by atoms with Gasteiger partial charge < -0.3 is 0 Å². The predicted molar refractivity (Wildman–Crippen MR) is 132 cm³/mol. The lowest BCUT2D eigenvalue weighted by Crippen LogP contribution is -2.14. The molecule has 4 aromatic rings. The molecule has 162 valence electrons. The van der Waals surface area contributed by atoms with Gasteiger partial charge in [0.2, 0.25) is 5.43 Å². The van der Waals surface area contributed by atoms with E-state index in [0.717, 1.165) is 21.8 Å². The summed E-state index contributed by atoms with van der Waals surface area (Å²) in [5.74, 6) is 0. The van der Waals surface area contributed by atoms with Crippen molar-refractivity contribution in [3.8, 4) is 5.69 Å². The predicted octanol–water partition coefficient (Wildman–Crippen LogP) is 5.58. The second-order valence-corrected chi connectivity index (χ2v) is 7.68. The number of benzene rings is 1. The quantitative estimate of drug-likeness (QED) is 0.292. The molecule has 0 amide bonds. The monoisotopic (exact) mass is 465 g/mol. The number of aryl methyl sites for hydroxylation is 1. The first kappa shape index (κ1) is 23.3. The van der Waals surface area contributed by atoms with Crippen LogP contribution in [0.25, 0.3) is 22.2 Å². The van der Waals surface area contributed by atoms with Crippen LogP contribution in [0.3, 0.4) is 0 Å². The molecule has 4 rings (SSSR count). The topological polar surface area (TPSA) is 73.0 Å². The summed E-state index contributed by atoms with van der Waals surface area (Å²) in [5.41, 5.74) is 3.91. The zero-order valence-corrected chi connectivity index (χ0v) is 19.3. The maximum atomic E-state index is 11.9. The second-order valence-electron chi connectivity index (χ2n) is 6.86. The molecule has 3 heterocycles. The number of allylic oxidation sites excluding steroid dienone is 2. The highest BCUT2D eigenvalue weighted by Crippen LogP contribution is 2.19. The van der Waals surface area contributed by atoms with Crippen LogP contribution in [-0.4, -0.2) is 33.0 Å². The Hall–Kier alpha value is -3.35. The number of hydrogen-bond acceptors (Lipinski definition) is 5. The zero-order chi connectivity index (χ0) is 23.1. The van der Waals surface area contributed by atoms with E-state index in [1.54, 1.807) is 54.7 Å². The first-order valence-corrected chi connectivity index (χ1v) is 10.5. The molecular weight excluding hydrogens is 445 g/mol. The molecule has 6 nitrogen and oxygen atoms in total. The molecule has 0 bridgehead atoms. The normalized spacial score (nSPS) is 11.5. The van der Waals surface area contributed by atoms with Crippen molar-refractivity contribution in [3.63, 3.8) is 0 Å². The number of rotatable bonds is 3. The van der Waals surface area contributed by atoms with E-state index in [4.69, 9.17) is 23.2 Å². The lowest BCUT2D eigenvalue weighted by molar-refractivity contribution is 0.823. The molecule has 0 aliphatic rings. The third kappa shape index (κ3) is 5.87. The van der Waals surface area contributed by atoms with Crippen molar-refractivity contribution < 1.29 is 0 Å². The molecule has 0 saturated carbocycles. The van der Waals surface area contributed by atoms with E-state index in [2.05, 4.69) is 27.0 Å². The highest BCUT2D eigenvalue weighted by molar-refractivity contribution is 6.31. The molecule has 32 heavy (non-hydrogen) atoms. The van der Waals surface area contributed by atoms with Crippen LogP contribution < -0.4 is 5.43 Å². The van der Waals surface area contributed by atoms with E-state index in [9.17, 15) is 4.79 Å². The first-order valence-electron chi connectivity index (χ1n) is 9.71. The zero-order valence-electron chi connectivity index (χ0n) is 17.8. The average molecular weight is 466 g/mol. The van der Waals surface area contributed by atoms with Crippen LogP contribution in [0.2, 0.25) is 10.2 Å². The Balaban J connectivity index is 0.000000204. The summed E-state index contributed by atoms with van der Waals surface area (Å²) in [6.07, 6.45) is 8.35. The lowest BCUT2D eigenvalue weighted by Gasteiger charge is -2.07. The average Bonchev–Trinajstić information content (AvgIpc) is 2.78. The summed E-state index contributed by atoms with van der Waals surface area (Å²) in [7, 11) is 1.67. The number of pyridine rings is 2. The summed E-state index contributed by atoms with van der Waals surface area (Å²) in [6, 6.07) is 12.7. The highest BCUT2D eigenvalue weighted by atomic mass is 35.5. The van der Waals surface area contributed by atoms with Gasteiger partial charge in [0, 0.05) is 54.4 Å². The lowest BCUT2D eigenvalue weighted by atomic mass is 10.1. The van der Waals surface area contributed by atoms with Crippen molar-refractivity contribution in [2.75, 3.05) is 7.05 Å². The van der Waals surface area contributed by atoms with Crippen LogP contribution in [0.5, 0.6) is 0 Å². The molecule has 1 aromatic carbocycles. The molecule has 8 heteroatoms. The fourth-order valence-electron chi connectivity index (χ4n) is 2.89. The van der Waals surface area contributed by atoms with E-state index < -0.39 is 0 Å². The standard InChI is InChI=1S/C14H13ClN4O.C10H8ClN/c1-10(3-6-16-2)14-12(20)5-8-19(18-14)11-4-7-17-13(15)9-11;1-7-4-5-12-10-6-8(11)2-3-9(7)10/h3-9H,1-2H3;2-6H,1H3/b10-3+,16-6?;. The summed E-state index contributed by atoms with van der Waals surface area (Å²) in [5, 5.41) is 6.60. The molecule has 0 aliphatic carbocycles. The van der Waals surface area contributed by atoms with Gasteiger partial charge in [0.1, 0.15) is 10.8 Å². The van der Waals surface area contributed by atoms with Crippen molar-refractivity contribution in [3.05, 3.63) is 98.8 Å². The molecule has 0 spiro atoms. The van der Waals surface area contributed by atoms with Crippen molar-refractivity contribution in [1.82, 2.24) is 19.7 Å². The molecular formula is C24H21Cl2N5O. The van der Waals surface area contributed by atoms with Gasteiger partial charge in [-0.25, -0.2) is 9.67 Å². The summed E-state index contributed by atoms with van der Waals surface area (Å²) in [4.78, 5) is 23.9. The molecule has 0 atom stereocenters. The van der Waals surface area contributed by atoms with Gasteiger partial charge in [-0.1, -0.05) is 29.3 Å². The summed E-state index contributed by atoms with van der Waals surface area (Å²) in [6.45, 7) is 3.88. The van der Waals surface area contributed by atoms with Crippen molar-refractivity contribution in [2.24, 2.45) is 4.99 Å². The number of hydrogen-bond donors (Lipinski definition) is 0. The third-order valence-electron chi connectivity index (χ3n) is 4.55. The molecule has 3 aromatic heterocycles. The Kier molecular flexibility index (Phi) is 7.87.